The Morgan fingerprint density at radius 1 is 1.15 bits per heavy atom. The molecule has 0 aliphatic carbocycles. The fourth-order valence-electron chi connectivity index (χ4n) is 3.06. The molecular weight excluding hydrogens is 554 g/mol. The molecule has 0 unspecified atom stereocenters. The minimum atomic E-state index is -4.49. The Kier molecular flexibility index (Phi) is 8.68. The van der Waals surface area contributed by atoms with E-state index in [4.69, 9.17) is 9.47 Å². The lowest BCUT2D eigenvalue weighted by Gasteiger charge is -2.23. The van der Waals surface area contributed by atoms with Crippen molar-refractivity contribution >= 4 is 48.1 Å². The highest BCUT2D eigenvalue weighted by Crippen LogP contribution is 2.35. The minimum Gasteiger partial charge on any atom is -0.497 e. The Balaban J connectivity index is 2.06. The predicted molar refractivity (Wildman–Crippen MR) is 132 cm³/mol. The number of methoxy groups -OCH3 is 2. The molecule has 1 aromatic heterocycles. The molecular formula is C21H23BrF2N4O4S2. The molecule has 0 aliphatic heterocycles. The molecule has 8 nitrogen and oxygen atoms in total. The lowest BCUT2D eigenvalue weighted by atomic mass is 10.2. The molecule has 0 saturated heterocycles. The van der Waals surface area contributed by atoms with Crippen LogP contribution in [0, 0.1) is 10.9 Å². The maximum Gasteiger partial charge on any atom is 0.269 e. The minimum absolute atomic E-state index is 0.151. The summed E-state index contributed by atoms with van der Waals surface area (Å²) in [6.07, 6.45) is 0.912. The third kappa shape index (κ3) is 5.77. The topological polar surface area (TPSA) is 92.8 Å². The third-order valence-electron chi connectivity index (χ3n) is 4.77. The zero-order valence-electron chi connectivity index (χ0n) is 18.6. The summed E-state index contributed by atoms with van der Waals surface area (Å²) in [5, 5.41) is 5.14. The van der Waals surface area contributed by atoms with Gasteiger partial charge in [0.05, 0.1) is 32.6 Å². The Bertz CT molecular complexity index is 1260. The van der Waals surface area contributed by atoms with Crippen LogP contribution in [0.1, 0.15) is 5.56 Å². The Morgan fingerprint density at radius 3 is 2.53 bits per heavy atom. The van der Waals surface area contributed by atoms with Crippen molar-refractivity contribution in [1.29, 1.82) is 0 Å². The highest BCUT2D eigenvalue weighted by atomic mass is 79.9. The largest absolute Gasteiger partial charge is 0.497 e. The third-order valence-corrected chi connectivity index (χ3v) is 8.10. The van der Waals surface area contributed by atoms with Crippen molar-refractivity contribution < 1.29 is 26.7 Å². The second-order valence-corrected chi connectivity index (χ2v) is 10.6. The van der Waals surface area contributed by atoms with E-state index in [-0.39, 0.29) is 11.7 Å². The van der Waals surface area contributed by atoms with E-state index in [1.54, 1.807) is 25.2 Å². The number of rotatable bonds is 11. The fourth-order valence-corrected chi connectivity index (χ4v) is 6.02. The number of likely N-dealkylation sites (N-methyl/N-ethyl adjacent to an activating group) is 1. The molecule has 0 aliphatic rings. The molecule has 2 aromatic carbocycles. The summed E-state index contributed by atoms with van der Waals surface area (Å²) in [5.41, 5.74) is 0.850. The van der Waals surface area contributed by atoms with Crippen LogP contribution in [0.25, 0.3) is 0 Å². The number of halogens is 3. The molecule has 3 rings (SSSR count). The van der Waals surface area contributed by atoms with Gasteiger partial charge in [0, 0.05) is 29.2 Å². The van der Waals surface area contributed by atoms with Gasteiger partial charge in [-0.05, 0) is 47.2 Å². The zero-order chi connectivity index (χ0) is 24.9. The van der Waals surface area contributed by atoms with Gasteiger partial charge in [-0.1, -0.05) is 11.3 Å². The average molecular weight is 577 g/mol. The van der Waals surface area contributed by atoms with Crippen LogP contribution in [-0.4, -0.2) is 47.8 Å². The summed E-state index contributed by atoms with van der Waals surface area (Å²) in [6.45, 7) is 0.852. The molecule has 0 fully saturated rings. The highest BCUT2D eigenvalue weighted by Gasteiger charge is 2.32. The van der Waals surface area contributed by atoms with E-state index in [1.807, 2.05) is 0 Å². The number of aromatic nitrogens is 1. The molecule has 0 spiro atoms. The molecule has 184 valence electrons. The first-order valence-corrected chi connectivity index (χ1v) is 13.0. The van der Waals surface area contributed by atoms with Gasteiger partial charge in [0.1, 0.15) is 22.2 Å². The zero-order valence-corrected chi connectivity index (χ0v) is 21.8. The molecule has 1 heterocycles. The van der Waals surface area contributed by atoms with E-state index in [2.05, 4.69) is 31.5 Å². The summed E-state index contributed by atoms with van der Waals surface area (Å²) in [7, 11) is 0.201. The first-order valence-electron chi connectivity index (χ1n) is 9.93. The fraction of sp³-hybridized carbons (Fsp3) is 0.286. The van der Waals surface area contributed by atoms with Gasteiger partial charge in [-0.15, -0.1) is 0 Å². The molecule has 0 saturated carbocycles. The van der Waals surface area contributed by atoms with Gasteiger partial charge < -0.3 is 20.1 Å². The molecule has 0 atom stereocenters. The van der Waals surface area contributed by atoms with E-state index in [0.29, 0.717) is 51.6 Å². The van der Waals surface area contributed by atoms with Crippen LogP contribution >= 0.6 is 27.3 Å². The SMILES string of the molecule is CNCCNc1cc(F)c(S(=O)(=O)N(Cc2ccc(OC)cc2OC)c2ncc(F)s2)cc1Br. The molecule has 2 N–H and O–H groups in total. The van der Waals surface area contributed by atoms with E-state index in [0.717, 1.165) is 16.6 Å². The Labute approximate surface area is 209 Å². The Morgan fingerprint density at radius 2 is 1.91 bits per heavy atom. The van der Waals surface area contributed by atoms with Crippen molar-refractivity contribution in [3.8, 4) is 11.5 Å². The van der Waals surface area contributed by atoms with E-state index in [1.165, 1.54) is 20.3 Å². The molecule has 3 aromatic rings. The van der Waals surface area contributed by atoms with Crippen LogP contribution in [0.2, 0.25) is 0 Å². The van der Waals surface area contributed by atoms with Crippen molar-refractivity contribution in [3.05, 3.63) is 57.5 Å². The van der Waals surface area contributed by atoms with Gasteiger partial charge in [-0.2, -0.15) is 4.39 Å². The van der Waals surface area contributed by atoms with Crippen LogP contribution < -0.4 is 24.4 Å². The number of nitrogens with zero attached hydrogens (tertiary/aromatic N) is 2. The van der Waals surface area contributed by atoms with Gasteiger partial charge in [0.15, 0.2) is 5.13 Å². The van der Waals surface area contributed by atoms with Crippen molar-refractivity contribution in [3.63, 3.8) is 0 Å². The van der Waals surface area contributed by atoms with Gasteiger partial charge in [0.25, 0.3) is 10.0 Å². The summed E-state index contributed by atoms with van der Waals surface area (Å²) in [6, 6.07) is 7.11. The van der Waals surface area contributed by atoms with Gasteiger partial charge in [-0.3, -0.25) is 0 Å². The first-order chi connectivity index (χ1) is 16.2. The lowest BCUT2D eigenvalue weighted by Crippen LogP contribution is -2.31. The first kappa shape index (κ1) is 26.1. The number of sulfonamides is 1. The normalized spacial score (nSPS) is 11.4. The van der Waals surface area contributed by atoms with Crippen molar-refractivity contribution in [2.24, 2.45) is 0 Å². The van der Waals surface area contributed by atoms with Crippen molar-refractivity contribution in [1.82, 2.24) is 10.3 Å². The molecule has 0 bridgehead atoms. The maximum atomic E-state index is 15.1. The molecule has 0 radical (unpaired) electrons. The van der Waals surface area contributed by atoms with Crippen LogP contribution in [-0.2, 0) is 16.6 Å². The van der Waals surface area contributed by atoms with Gasteiger partial charge in [0.2, 0.25) is 5.13 Å². The summed E-state index contributed by atoms with van der Waals surface area (Å²) in [5.74, 6) is -0.104. The van der Waals surface area contributed by atoms with Gasteiger partial charge in [-0.25, -0.2) is 22.1 Å². The van der Waals surface area contributed by atoms with Crippen molar-refractivity contribution in [2.45, 2.75) is 11.4 Å². The lowest BCUT2D eigenvalue weighted by molar-refractivity contribution is 0.391. The highest BCUT2D eigenvalue weighted by molar-refractivity contribution is 9.10. The molecule has 0 amide bonds. The summed E-state index contributed by atoms with van der Waals surface area (Å²) < 4.78 is 67.9. The second kappa shape index (κ2) is 11.3. The number of anilines is 2. The van der Waals surface area contributed by atoms with Crippen LogP contribution in [0.15, 0.2) is 45.9 Å². The van der Waals surface area contributed by atoms with Crippen LogP contribution in [0.4, 0.5) is 19.6 Å². The number of hydrogen-bond donors (Lipinski definition) is 2. The monoisotopic (exact) mass is 576 g/mol. The summed E-state index contributed by atoms with van der Waals surface area (Å²) in [4.78, 5) is 3.30. The number of nitrogens with one attached hydrogen (secondary N) is 2. The molecule has 13 heteroatoms. The maximum absolute atomic E-state index is 15.1. The van der Waals surface area contributed by atoms with Crippen LogP contribution in [0.3, 0.4) is 0 Å². The quantitative estimate of drug-likeness (QED) is 0.330. The smallest absolute Gasteiger partial charge is 0.269 e. The summed E-state index contributed by atoms with van der Waals surface area (Å²) >= 11 is 3.84. The molecule has 34 heavy (non-hydrogen) atoms. The average Bonchev–Trinajstić information content (AvgIpc) is 3.24. The predicted octanol–water partition coefficient (Wildman–Crippen LogP) is 4.23. The number of hydrogen-bond acceptors (Lipinski definition) is 8. The number of ether oxygens (including phenoxy) is 2. The number of thiazole rings is 1. The van der Waals surface area contributed by atoms with E-state index in [9.17, 15) is 12.8 Å². The van der Waals surface area contributed by atoms with Crippen molar-refractivity contribution in [2.75, 3.05) is 44.0 Å². The van der Waals surface area contributed by atoms with Crippen LogP contribution in [0.5, 0.6) is 11.5 Å². The van der Waals surface area contributed by atoms with E-state index < -0.39 is 25.9 Å². The second-order valence-electron chi connectivity index (χ2n) is 6.93. The van der Waals surface area contributed by atoms with E-state index >= 15 is 4.39 Å². The van der Waals surface area contributed by atoms with Gasteiger partial charge >= 0.3 is 0 Å². The Hall–Kier alpha value is -2.48. The number of benzene rings is 2. The standard InChI is InChI=1S/C21H23BrF2N4O4S2/c1-25-6-7-26-17-10-16(23)19(9-15(17)22)34(29,30)28(21-27-11-20(24)33-21)12-13-4-5-14(31-2)8-18(13)32-3/h4-5,8-11,25-26H,6-7,12H2,1-3H3.